The summed E-state index contributed by atoms with van der Waals surface area (Å²) in [5, 5.41) is 17.8. The lowest BCUT2D eigenvalue weighted by molar-refractivity contribution is 0.566. The largest absolute Gasteiger partial charge is 0.398 e. The first-order chi connectivity index (χ1) is 8.13. The summed E-state index contributed by atoms with van der Waals surface area (Å²) >= 11 is 0. The number of nitrogens with zero attached hydrogens (tertiary/aromatic N) is 2. The molecule has 0 fully saturated rings. The van der Waals surface area contributed by atoms with Gasteiger partial charge in [-0.1, -0.05) is 26.0 Å². The number of nitrogens with two attached hydrogens (primary N) is 1. The van der Waals surface area contributed by atoms with Gasteiger partial charge in [0.25, 0.3) is 0 Å². The van der Waals surface area contributed by atoms with Gasteiger partial charge in [0.05, 0.1) is 24.5 Å². The van der Waals surface area contributed by atoms with Crippen LogP contribution in [0, 0.1) is 28.6 Å². The Kier molecular flexibility index (Phi) is 4.55. The Balaban J connectivity index is 3.06. The van der Waals surface area contributed by atoms with Gasteiger partial charge in [-0.2, -0.15) is 10.5 Å². The van der Waals surface area contributed by atoms with Crippen LogP contribution < -0.4 is 5.73 Å². The van der Waals surface area contributed by atoms with Crippen LogP contribution in [0.25, 0.3) is 0 Å². The van der Waals surface area contributed by atoms with Gasteiger partial charge in [-0.05, 0) is 29.5 Å². The Morgan fingerprint density at radius 1 is 1.35 bits per heavy atom. The van der Waals surface area contributed by atoms with Crippen molar-refractivity contribution in [3.63, 3.8) is 0 Å². The van der Waals surface area contributed by atoms with Gasteiger partial charge in [-0.3, -0.25) is 0 Å². The van der Waals surface area contributed by atoms with E-state index in [1.807, 2.05) is 25.1 Å². The lowest BCUT2D eigenvalue weighted by Gasteiger charge is -2.18. The summed E-state index contributed by atoms with van der Waals surface area (Å²) in [6, 6.07) is 10.2. The van der Waals surface area contributed by atoms with Crippen molar-refractivity contribution in [2.75, 3.05) is 5.73 Å². The van der Waals surface area contributed by atoms with Crippen LogP contribution in [0.15, 0.2) is 18.2 Å². The van der Waals surface area contributed by atoms with Gasteiger partial charge in [-0.25, -0.2) is 0 Å². The van der Waals surface area contributed by atoms with Crippen LogP contribution in [0.3, 0.4) is 0 Å². The molecule has 0 aliphatic heterocycles. The third-order valence-corrected chi connectivity index (χ3v) is 3.13. The molecule has 0 saturated heterocycles. The molecule has 88 valence electrons. The molecule has 0 heterocycles. The zero-order valence-corrected chi connectivity index (χ0v) is 10.3. The molecule has 0 spiro atoms. The maximum absolute atomic E-state index is 9.06. The minimum Gasteiger partial charge on any atom is -0.398 e. The fourth-order valence-corrected chi connectivity index (χ4v) is 1.89. The molecule has 3 heteroatoms. The monoisotopic (exact) mass is 227 g/mol. The lowest BCUT2D eigenvalue weighted by Crippen LogP contribution is -2.10. The Bertz CT molecular complexity index is 465. The fourth-order valence-electron chi connectivity index (χ4n) is 1.89. The minimum atomic E-state index is -0.297. The second kappa shape index (κ2) is 5.92. The van der Waals surface area contributed by atoms with Crippen LogP contribution in [-0.2, 0) is 6.42 Å². The Morgan fingerprint density at radius 3 is 2.59 bits per heavy atom. The molecular formula is C14H17N3. The number of nitriles is 2. The first kappa shape index (κ1) is 13.1. The number of benzene rings is 1. The zero-order chi connectivity index (χ0) is 12.8. The normalized spacial score (nSPS) is 13.4. The van der Waals surface area contributed by atoms with Gasteiger partial charge in [0.2, 0.25) is 0 Å². The zero-order valence-electron chi connectivity index (χ0n) is 10.3. The highest BCUT2D eigenvalue weighted by Crippen LogP contribution is 2.31. The second-order valence-corrected chi connectivity index (χ2v) is 4.20. The van der Waals surface area contributed by atoms with Crippen LogP contribution in [0.2, 0.25) is 0 Å². The van der Waals surface area contributed by atoms with Crippen LogP contribution in [0.5, 0.6) is 0 Å². The van der Waals surface area contributed by atoms with E-state index in [0.717, 1.165) is 12.0 Å². The summed E-state index contributed by atoms with van der Waals surface area (Å²) in [7, 11) is 0. The molecule has 0 radical (unpaired) electrons. The average molecular weight is 227 g/mol. The lowest BCUT2D eigenvalue weighted by atomic mass is 9.85. The Morgan fingerprint density at radius 2 is 2.06 bits per heavy atom. The van der Waals surface area contributed by atoms with E-state index in [4.69, 9.17) is 16.3 Å². The quantitative estimate of drug-likeness (QED) is 0.803. The molecule has 2 N–H and O–H groups in total. The molecule has 3 nitrogen and oxygen atoms in total. The van der Waals surface area contributed by atoms with E-state index in [-0.39, 0.29) is 18.3 Å². The molecular weight excluding hydrogens is 210 g/mol. The van der Waals surface area contributed by atoms with Gasteiger partial charge in [-0.15, -0.1) is 0 Å². The summed E-state index contributed by atoms with van der Waals surface area (Å²) in [4.78, 5) is 0. The van der Waals surface area contributed by atoms with Crippen LogP contribution >= 0.6 is 0 Å². The molecule has 2 atom stereocenters. The molecule has 2 unspecified atom stereocenters. The van der Waals surface area contributed by atoms with Crippen LogP contribution in [-0.4, -0.2) is 0 Å². The highest BCUT2D eigenvalue weighted by molar-refractivity contribution is 5.51. The maximum Gasteiger partial charge on any atom is 0.0672 e. The molecule has 0 aromatic heterocycles. The number of aryl methyl sites for hydroxylation is 1. The van der Waals surface area contributed by atoms with Crippen molar-refractivity contribution in [2.24, 2.45) is 5.92 Å². The molecule has 1 aromatic carbocycles. The molecule has 0 aliphatic rings. The van der Waals surface area contributed by atoms with Gasteiger partial charge in [0, 0.05) is 5.69 Å². The number of hydrogen-bond acceptors (Lipinski definition) is 3. The van der Waals surface area contributed by atoms with Crippen molar-refractivity contribution in [1.29, 1.82) is 10.5 Å². The average Bonchev–Trinajstić information content (AvgIpc) is 2.35. The number of hydrogen-bond donors (Lipinski definition) is 1. The molecule has 1 aromatic rings. The first-order valence-electron chi connectivity index (χ1n) is 5.78. The predicted molar refractivity (Wildman–Crippen MR) is 68.0 cm³/mol. The van der Waals surface area contributed by atoms with E-state index in [2.05, 4.69) is 19.1 Å². The Labute approximate surface area is 102 Å². The summed E-state index contributed by atoms with van der Waals surface area (Å²) in [5.74, 6) is -0.305. The van der Waals surface area contributed by atoms with Gasteiger partial charge in [0.15, 0.2) is 0 Å². The highest BCUT2D eigenvalue weighted by atomic mass is 14.6. The van der Waals surface area contributed by atoms with Crippen molar-refractivity contribution < 1.29 is 0 Å². The van der Waals surface area contributed by atoms with Crippen molar-refractivity contribution in [1.82, 2.24) is 0 Å². The van der Waals surface area contributed by atoms with Gasteiger partial charge in [0.1, 0.15) is 0 Å². The van der Waals surface area contributed by atoms with Crippen molar-refractivity contribution in [2.45, 2.75) is 32.6 Å². The molecule has 0 amide bonds. The SMILES string of the molecule is CCc1ccc(N)c(C(C)C(C#N)CC#N)c1. The van der Waals surface area contributed by atoms with E-state index in [9.17, 15) is 0 Å². The van der Waals surface area contributed by atoms with E-state index in [1.54, 1.807) is 0 Å². The smallest absolute Gasteiger partial charge is 0.0672 e. The molecule has 0 bridgehead atoms. The highest BCUT2D eigenvalue weighted by Gasteiger charge is 2.20. The second-order valence-electron chi connectivity index (χ2n) is 4.20. The Hall–Kier alpha value is -2.00. The van der Waals surface area contributed by atoms with E-state index in [0.29, 0.717) is 5.69 Å². The maximum atomic E-state index is 9.06. The van der Waals surface area contributed by atoms with Crippen LogP contribution in [0.1, 0.15) is 37.3 Å². The number of rotatable bonds is 4. The predicted octanol–water partition coefficient (Wildman–Crippen LogP) is 2.99. The van der Waals surface area contributed by atoms with Crippen LogP contribution in [0.4, 0.5) is 5.69 Å². The third kappa shape index (κ3) is 2.98. The topological polar surface area (TPSA) is 73.6 Å². The number of anilines is 1. The molecule has 17 heavy (non-hydrogen) atoms. The number of nitrogen functional groups attached to an aromatic ring is 1. The van der Waals surface area contributed by atoms with E-state index >= 15 is 0 Å². The van der Waals surface area contributed by atoms with E-state index in [1.165, 1.54) is 5.56 Å². The summed E-state index contributed by atoms with van der Waals surface area (Å²) in [5.41, 5.74) is 8.82. The molecule has 1 rings (SSSR count). The molecule has 0 aliphatic carbocycles. The summed E-state index contributed by atoms with van der Waals surface area (Å²) in [6.07, 6.45) is 1.18. The van der Waals surface area contributed by atoms with Gasteiger partial charge >= 0.3 is 0 Å². The summed E-state index contributed by atoms with van der Waals surface area (Å²) in [6.45, 7) is 4.04. The fraction of sp³-hybridized carbons (Fsp3) is 0.429. The standard InChI is InChI=1S/C14H17N3/c1-3-11-4-5-14(17)13(8-11)10(2)12(9-16)6-7-15/h4-5,8,10,12H,3,6,17H2,1-2H3. The molecule has 0 saturated carbocycles. The van der Waals surface area contributed by atoms with Gasteiger partial charge < -0.3 is 5.73 Å². The third-order valence-electron chi connectivity index (χ3n) is 3.13. The van der Waals surface area contributed by atoms with E-state index < -0.39 is 0 Å². The first-order valence-corrected chi connectivity index (χ1v) is 5.78. The summed E-state index contributed by atoms with van der Waals surface area (Å²) < 4.78 is 0. The van der Waals surface area contributed by atoms with Crippen molar-refractivity contribution >= 4 is 5.69 Å². The minimum absolute atomic E-state index is 0.00819. The van der Waals surface area contributed by atoms with Crippen molar-refractivity contribution in [3.8, 4) is 12.1 Å². The van der Waals surface area contributed by atoms with Crippen molar-refractivity contribution in [3.05, 3.63) is 29.3 Å².